The summed E-state index contributed by atoms with van der Waals surface area (Å²) in [7, 11) is 0. The fraction of sp³-hybridized carbons (Fsp3) is 0.160. The lowest BCUT2D eigenvalue weighted by Gasteiger charge is -2.26. The maximum Gasteiger partial charge on any atom is 0.223 e. The molecule has 0 radical (unpaired) electrons. The zero-order chi connectivity index (χ0) is 19.8. The third kappa shape index (κ3) is 3.32. The van der Waals surface area contributed by atoms with E-state index in [1.165, 1.54) is 10.9 Å². The summed E-state index contributed by atoms with van der Waals surface area (Å²) >= 11 is 6.11. The number of carbonyl (C=O) groups excluding carboxylic acids is 1. The van der Waals surface area contributed by atoms with Crippen LogP contribution >= 0.6 is 11.6 Å². The normalized spacial score (nSPS) is 16.7. The molecule has 3 aromatic carbocycles. The quantitative estimate of drug-likeness (QED) is 0.425. The highest BCUT2D eigenvalue weighted by molar-refractivity contribution is 6.30. The molecule has 144 valence electrons. The Bertz CT molecular complexity index is 1160. The number of fused-ring (bicyclic) bond motifs is 1. The van der Waals surface area contributed by atoms with Crippen molar-refractivity contribution < 1.29 is 4.79 Å². The molecule has 0 spiro atoms. The van der Waals surface area contributed by atoms with E-state index in [2.05, 4.69) is 35.3 Å². The van der Waals surface area contributed by atoms with Gasteiger partial charge in [-0.3, -0.25) is 4.79 Å². The van der Waals surface area contributed by atoms with Gasteiger partial charge in [0, 0.05) is 34.5 Å². The molecule has 4 aromatic rings. The fourth-order valence-electron chi connectivity index (χ4n) is 4.37. The van der Waals surface area contributed by atoms with Gasteiger partial charge in [0.05, 0.1) is 11.7 Å². The molecule has 0 saturated carbocycles. The molecule has 29 heavy (non-hydrogen) atoms. The van der Waals surface area contributed by atoms with Crippen molar-refractivity contribution in [2.24, 2.45) is 0 Å². The van der Waals surface area contributed by atoms with E-state index in [-0.39, 0.29) is 11.9 Å². The van der Waals surface area contributed by atoms with Crippen LogP contribution in [0.1, 0.15) is 30.0 Å². The number of halogens is 1. The van der Waals surface area contributed by atoms with Gasteiger partial charge in [0.2, 0.25) is 5.91 Å². The Balaban J connectivity index is 1.64. The number of hydrogen-bond donors (Lipinski definition) is 1. The van der Waals surface area contributed by atoms with Gasteiger partial charge >= 0.3 is 0 Å². The van der Waals surface area contributed by atoms with Gasteiger partial charge < -0.3 is 9.88 Å². The fourth-order valence-corrected chi connectivity index (χ4v) is 4.49. The van der Waals surface area contributed by atoms with E-state index in [4.69, 9.17) is 11.6 Å². The van der Waals surface area contributed by atoms with E-state index in [0.717, 1.165) is 28.8 Å². The van der Waals surface area contributed by atoms with Gasteiger partial charge in [0.1, 0.15) is 0 Å². The van der Waals surface area contributed by atoms with Gasteiger partial charge in [-0.05, 0) is 35.7 Å². The van der Waals surface area contributed by atoms with Gasteiger partial charge in [-0.25, -0.2) is 0 Å². The number of para-hydroxylation sites is 1. The van der Waals surface area contributed by atoms with Crippen LogP contribution in [0.25, 0.3) is 22.2 Å². The van der Waals surface area contributed by atoms with Crippen LogP contribution < -0.4 is 0 Å². The predicted octanol–water partition coefficient (Wildman–Crippen LogP) is 6.35. The van der Waals surface area contributed by atoms with E-state index in [9.17, 15) is 4.79 Å². The first-order valence-electron chi connectivity index (χ1n) is 9.90. The van der Waals surface area contributed by atoms with Crippen molar-refractivity contribution in [1.29, 1.82) is 0 Å². The summed E-state index contributed by atoms with van der Waals surface area (Å²) in [5.74, 6) is 0.214. The van der Waals surface area contributed by atoms with Crippen molar-refractivity contribution in [2.75, 3.05) is 0 Å². The highest BCUT2D eigenvalue weighted by Crippen LogP contribution is 2.43. The summed E-state index contributed by atoms with van der Waals surface area (Å²) < 4.78 is 0. The van der Waals surface area contributed by atoms with Crippen molar-refractivity contribution >= 4 is 28.4 Å². The summed E-state index contributed by atoms with van der Waals surface area (Å²) in [5.41, 5.74) is 5.59. The highest BCUT2D eigenvalue weighted by atomic mass is 35.5. The smallest absolute Gasteiger partial charge is 0.223 e. The number of H-pyrrole nitrogens is 1. The molecule has 1 saturated heterocycles. The monoisotopic (exact) mass is 400 g/mol. The molecule has 1 aromatic heterocycles. The first kappa shape index (κ1) is 18.0. The topological polar surface area (TPSA) is 36.1 Å². The Morgan fingerprint density at radius 1 is 0.931 bits per heavy atom. The lowest BCUT2D eigenvalue weighted by Crippen LogP contribution is -2.27. The largest absolute Gasteiger partial charge is 0.354 e. The molecule has 0 aliphatic carbocycles. The van der Waals surface area contributed by atoms with Crippen LogP contribution in [-0.2, 0) is 11.3 Å². The second-order valence-corrected chi connectivity index (χ2v) is 7.96. The lowest BCUT2D eigenvalue weighted by molar-refractivity contribution is -0.129. The Hall–Kier alpha value is -3.04. The van der Waals surface area contributed by atoms with Crippen LogP contribution in [0, 0.1) is 0 Å². The average Bonchev–Trinajstić information content (AvgIpc) is 3.30. The molecule has 3 nitrogen and oxygen atoms in total. The summed E-state index contributed by atoms with van der Waals surface area (Å²) in [6, 6.07) is 26.5. The molecule has 1 atom stereocenters. The van der Waals surface area contributed by atoms with Crippen LogP contribution in [-0.4, -0.2) is 15.8 Å². The summed E-state index contributed by atoms with van der Waals surface area (Å²) in [5, 5.41) is 1.89. The van der Waals surface area contributed by atoms with Crippen LogP contribution in [0.15, 0.2) is 78.9 Å². The zero-order valence-electron chi connectivity index (χ0n) is 15.9. The van der Waals surface area contributed by atoms with Crippen LogP contribution in [0.4, 0.5) is 0 Å². The Labute approximate surface area is 174 Å². The minimum absolute atomic E-state index is 0.0459. The molecular formula is C25H21ClN2O. The van der Waals surface area contributed by atoms with Crippen molar-refractivity contribution in [3.05, 3.63) is 95.0 Å². The van der Waals surface area contributed by atoms with E-state index < -0.39 is 0 Å². The molecule has 1 fully saturated rings. The number of rotatable bonds is 4. The molecule has 5 rings (SSSR count). The maximum atomic E-state index is 12.8. The lowest BCUT2D eigenvalue weighted by atomic mass is 9.97. The SMILES string of the molecule is O=C1CC[C@H](c2c(-c3ccc(Cl)cc3)[nH]c3ccccc23)N1Cc1ccccc1. The number of amides is 1. The van der Waals surface area contributed by atoms with E-state index in [1.54, 1.807) is 0 Å². The second kappa shape index (κ2) is 7.41. The predicted molar refractivity (Wildman–Crippen MR) is 118 cm³/mol. The van der Waals surface area contributed by atoms with Crippen molar-refractivity contribution in [3.8, 4) is 11.3 Å². The van der Waals surface area contributed by atoms with Crippen LogP contribution in [0.5, 0.6) is 0 Å². The number of aromatic amines is 1. The van der Waals surface area contributed by atoms with Gasteiger partial charge in [-0.2, -0.15) is 0 Å². The molecule has 0 bridgehead atoms. The third-order valence-electron chi connectivity index (χ3n) is 5.74. The minimum atomic E-state index is 0.0459. The highest BCUT2D eigenvalue weighted by Gasteiger charge is 2.35. The van der Waals surface area contributed by atoms with Gasteiger partial charge in [0.15, 0.2) is 0 Å². The van der Waals surface area contributed by atoms with Crippen molar-refractivity contribution in [1.82, 2.24) is 9.88 Å². The zero-order valence-corrected chi connectivity index (χ0v) is 16.7. The Morgan fingerprint density at radius 2 is 1.66 bits per heavy atom. The Morgan fingerprint density at radius 3 is 2.45 bits per heavy atom. The van der Waals surface area contributed by atoms with Gasteiger partial charge in [0.25, 0.3) is 0 Å². The number of carbonyl (C=O) groups is 1. The average molecular weight is 401 g/mol. The van der Waals surface area contributed by atoms with Crippen molar-refractivity contribution in [3.63, 3.8) is 0 Å². The molecule has 1 N–H and O–H groups in total. The summed E-state index contributed by atoms with van der Waals surface area (Å²) in [4.78, 5) is 18.4. The molecule has 1 amide bonds. The standard InChI is InChI=1S/C25H21ClN2O/c26-19-12-10-18(11-13-19)25-24(20-8-4-5-9-21(20)27-25)22-14-15-23(29)28(22)16-17-6-2-1-3-7-17/h1-13,22,27H,14-16H2/t22-/m1/s1. The van der Waals surface area contributed by atoms with E-state index in [0.29, 0.717) is 18.0 Å². The number of benzene rings is 3. The number of likely N-dealkylation sites (tertiary alicyclic amines) is 1. The van der Waals surface area contributed by atoms with Crippen LogP contribution in [0.2, 0.25) is 5.02 Å². The van der Waals surface area contributed by atoms with Gasteiger partial charge in [-0.1, -0.05) is 72.3 Å². The summed E-state index contributed by atoms with van der Waals surface area (Å²) in [6.45, 7) is 0.629. The third-order valence-corrected chi connectivity index (χ3v) is 5.99. The van der Waals surface area contributed by atoms with E-state index >= 15 is 0 Å². The van der Waals surface area contributed by atoms with Crippen molar-refractivity contribution in [2.45, 2.75) is 25.4 Å². The van der Waals surface area contributed by atoms with Crippen LogP contribution in [0.3, 0.4) is 0 Å². The molecule has 1 aliphatic rings. The minimum Gasteiger partial charge on any atom is -0.354 e. The first-order valence-corrected chi connectivity index (χ1v) is 10.3. The first-order chi connectivity index (χ1) is 14.2. The molecule has 2 heterocycles. The number of aromatic nitrogens is 1. The maximum absolute atomic E-state index is 12.8. The number of hydrogen-bond acceptors (Lipinski definition) is 1. The Kier molecular flexibility index (Phi) is 4.61. The molecule has 0 unspecified atom stereocenters. The second-order valence-electron chi connectivity index (χ2n) is 7.53. The van der Waals surface area contributed by atoms with Gasteiger partial charge in [-0.15, -0.1) is 0 Å². The molecule has 1 aliphatic heterocycles. The van der Waals surface area contributed by atoms with E-state index in [1.807, 2.05) is 53.4 Å². The summed E-state index contributed by atoms with van der Waals surface area (Å²) in [6.07, 6.45) is 1.41. The number of nitrogens with one attached hydrogen (secondary N) is 1. The molecule has 4 heteroatoms. The number of nitrogens with zero attached hydrogens (tertiary/aromatic N) is 1. The molecular weight excluding hydrogens is 380 g/mol.